The molecule has 1 aliphatic heterocycles. The molecule has 164 valence electrons. The molecule has 0 radical (unpaired) electrons. The molecule has 1 atom stereocenters. The maximum Gasteiger partial charge on any atom is 0.300 e. The van der Waals surface area contributed by atoms with Crippen molar-refractivity contribution in [3.8, 4) is 5.75 Å². The van der Waals surface area contributed by atoms with Crippen molar-refractivity contribution < 1.29 is 28.2 Å². The molecule has 1 amide bonds. The number of ketones is 1. The van der Waals surface area contributed by atoms with Gasteiger partial charge in [0.1, 0.15) is 17.6 Å². The fourth-order valence-electron chi connectivity index (χ4n) is 3.86. The maximum absolute atomic E-state index is 13.9. The molecule has 3 aromatic rings. The topological polar surface area (TPSA) is 66.8 Å². The molecule has 1 unspecified atom stereocenters. The predicted octanol–water partition coefficient (Wildman–Crippen LogP) is 5.28. The Bertz CT molecular complexity index is 1270. The number of benzene rings is 2. The van der Waals surface area contributed by atoms with Crippen LogP contribution in [0.25, 0.3) is 5.76 Å². The summed E-state index contributed by atoms with van der Waals surface area (Å²) >= 11 is 1.28. The summed E-state index contributed by atoms with van der Waals surface area (Å²) in [6.45, 7) is 3.55. The van der Waals surface area contributed by atoms with Gasteiger partial charge in [-0.25, -0.2) is 8.78 Å². The number of ether oxygens (including phenoxy) is 1. The third kappa shape index (κ3) is 3.46. The monoisotopic (exact) mass is 455 g/mol. The number of aryl methyl sites for hydroxylation is 2. The number of anilines is 1. The summed E-state index contributed by atoms with van der Waals surface area (Å²) in [5, 5.41) is 13.0. The minimum absolute atomic E-state index is 0.0195. The van der Waals surface area contributed by atoms with Gasteiger partial charge >= 0.3 is 0 Å². The lowest BCUT2D eigenvalue weighted by Gasteiger charge is -2.24. The average molecular weight is 455 g/mol. The molecule has 1 aliphatic rings. The molecule has 1 fully saturated rings. The first kappa shape index (κ1) is 21.7. The van der Waals surface area contributed by atoms with Crippen molar-refractivity contribution in [2.45, 2.75) is 19.9 Å². The van der Waals surface area contributed by atoms with Crippen LogP contribution in [-0.2, 0) is 9.59 Å². The molecule has 1 aromatic heterocycles. The minimum Gasteiger partial charge on any atom is -0.507 e. The normalized spacial score (nSPS) is 17.8. The molecular formula is C24H19F2NO4S. The summed E-state index contributed by atoms with van der Waals surface area (Å²) in [5.41, 5.74) is 1.67. The number of thiophene rings is 1. The summed E-state index contributed by atoms with van der Waals surface area (Å²) in [4.78, 5) is 27.8. The first-order valence-electron chi connectivity index (χ1n) is 9.69. The van der Waals surface area contributed by atoms with Gasteiger partial charge in [-0.2, -0.15) is 0 Å². The molecule has 1 saturated heterocycles. The first-order valence-corrected chi connectivity index (χ1v) is 10.6. The highest BCUT2D eigenvalue weighted by molar-refractivity contribution is 7.10. The molecular weight excluding hydrogens is 436 g/mol. The van der Waals surface area contributed by atoms with Crippen LogP contribution >= 0.6 is 11.3 Å². The van der Waals surface area contributed by atoms with E-state index in [4.69, 9.17) is 4.74 Å². The van der Waals surface area contributed by atoms with Crippen LogP contribution in [-0.4, -0.2) is 23.9 Å². The lowest BCUT2D eigenvalue weighted by atomic mass is 9.95. The zero-order chi connectivity index (χ0) is 23.2. The predicted molar refractivity (Wildman–Crippen MR) is 118 cm³/mol. The number of methoxy groups -OCH3 is 1. The molecule has 0 aliphatic carbocycles. The molecule has 2 heterocycles. The van der Waals surface area contributed by atoms with E-state index in [1.165, 1.54) is 24.5 Å². The van der Waals surface area contributed by atoms with Crippen molar-refractivity contribution in [2.75, 3.05) is 12.0 Å². The van der Waals surface area contributed by atoms with Crippen LogP contribution in [0.5, 0.6) is 5.75 Å². The third-order valence-corrected chi connectivity index (χ3v) is 6.36. The van der Waals surface area contributed by atoms with Gasteiger partial charge in [-0.1, -0.05) is 6.07 Å². The summed E-state index contributed by atoms with van der Waals surface area (Å²) in [5.74, 6) is -3.76. The Morgan fingerprint density at radius 3 is 2.44 bits per heavy atom. The number of hydrogen-bond donors (Lipinski definition) is 1. The van der Waals surface area contributed by atoms with Gasteiger partial charge < -0.3 is 9.84 Å². The molecule has 4 rings (SSSR count). The van der Waals surface area contributed by atoms with E-state index in [-0.39, 0.29) is 17.0 Å². The molecule has 0 spiro atoms. The number of aliphatic hydroxyl groups excluding tert-OH is 1. The van der Waals surface area contributed by atoms with Gasteiger partial charge in [-0.15, -0.1) is 11.3 Å². The number of halogens is 2. The third-order valence-electron chi connectivity index (χ3n) is 5.44. The van der Waals surface area contributed by atoms with Crippen LogP contribution in [0.15, 0.2) is 53.4 Å². The SMILES string of the molecule is COc1cc(C)c(/C(O)=C2/C(=O)C(=O)N(c3ccc(F)c(F)c3)C2c2cccs2)cc1C. The van der Waals surface area contributed by atoms with Crippen molar-refractivity contribution in [3.63, 3.8) is 0 Å². The minimum atomic E-state index is -1.14. The Morgan fingerprint density at radius 2 is 1.81 bits per heavy atom. The first-order chi connectivity index (χ1) is 15.2. The highest BCUT2D eigenvalue weighted by atomic mass is 32.1. The Morgan fingerprint density at radius 1 is 1.06 bits per heavy atom. The van der Waals surface area contributed by atoms with Gasteiger partial charge in [0.15, 0.2) is 11.6 Å². The fraction of sp³-hybridized carbons (Fsp3) is 0.167. The summed E-state index contributed by atoms with van der Waals surface area (Å²) in [6.07, 6.45) is 0. The molecule has 1 N–H and O–H groups in total. The van der Waals surface area contributed by atoms with E-state index in [1.54, 1.807) is 43.5 Å². The largest absolute Gasteiger partial charge is 0.507 e. The lowest BCUT2D eigenvalue weighted by molar-refractivity contribution is -0.132. The smallest absolute Gasteiger partial charge is 0.300 e. The number of carbonyl (C=O) groups is 2. The maximum atomic E-state index is 13.9. The number of rotatable bonds is 4. The van der Waals surface area contributed by atoms with Crippen molar-refractivity contribution in [1.82, 2.24) is 0 Å². The molecule has 32 heavy (non-hydrogen) atoms. The fourth-order valence-corrected chi connectivity index (χ4v) is 4.68. The van der Waals surface area contributed by atoms with Gasteiger partial charge in [-0.3, -0.25) is 14.5 Å². The van der Waals surface area contributed by atoms with Crippen molar-refractivity contribution in [2.24, 2.45) is 0 Å². The van der Waals surface area contributed by atoms with E-state index >= 15 is 0 Å². The highest BCUT2D eigenvalue weighted by Gasteiger charge is 2.47. The molecule has 0 saturated carbocycles. The second-order valence-electron chi connectivity index (χ2n) is 7.42. The number of aliphatic hydroxyl groups is 1. The van der Waals surface area contributed by atoms with E-state index in [9.17, 15) is 23.5 Å². The van der Waals surface area contributed by atoms with Crippen molar-refractivity contribution >= 4 is 34.5 Å². The van der Waals surface area contributed by atoms with Gasteiger partial charge in [0.25, 0.3) is 11.7 Å². The standard InChI is InChI=1S/C24H19F2NO4S/c1-12-10-18(31-3)13(2)9-15(12)22(28)20-21(19-5-4-8-32-19)27(24(30)23(20)29)14-6-7-16(25)17(26)11-14/h4-11,21,28H,1-3H3/b22-20-. The van der Waals surface area contributed by atoms with E-state index in [1.807, 2.05) is 0 Å². The lowest BCUT2D eigenvalue weighted by Crippen LogP contribution is -2.29. The summed E-state index contributed by atoms with van der Waals surface area (Å²) < 4.78 is 32.8. The van der Waals surface area contributed by atoms with Crippen LogP contribution in [0.4, 0.5) is 14.5 Å². The molecule has 5 nitrogen and oxygen atoms in total. The average Bonchev–Trinajstić information content (AvgIpc) is 3.38. The van der Waals surface area contributed by atoms with Gasteiger partial charge in [-0.05, 0) is 60.7 Å². The number of hydrogen-bond acceptors (Lipinski definition) is 5. The van der Waals surface area contributed by atoms with Gasteiger partial charge in [0, 0.05) is 22.2 Å². The second kappa shape index (κ2) is 8.20. The van der Waals surface area contributed by atoms with Crippen molar-refractivity contribution in [3.05, 3.63) is 86.6 Å². The van der Waals surface area contributed by atoms with Crippen LogP contribution in [0.2, 0.25) is 0 Å². The van der Waals surface area contributed by atoms with Crippen LogP contribution in [0.3, 0.4) is 0 Å². The Balaban J connectivity index is 1.95. The van der Waals surface area contributed by atoms with E-state index < -0.39 is 29.4 Å². The molecule has 8 heteroatoms. The number of Topliss-reactive ketones (excluding diaryl/α,β-unsaturated/α-hetero) is 1. The Labute approximate surface area is 187 Å². The zero-order valence-corrected chi connectivity index (χ0v) is 18.3. The van der Waals surface area contributed by atoms with Crippen molar-refractivity contribution in [1.29, 1.82) is 0 Å². The molecule has 2 aromatic carbocycles. The summed E-state index contributed by atoms with van der Waals surface area (Å²) in [6, 6.07) is 8.88. The second-order valence-corrected chi connectivity index (χ2v) is 8.40. The molecule has 0 bridgehead atoms. The number of carbonyl (C=O) groups excluding carboxylic acids is 2. The van der Waals surface area contributed by atoms with E-state index in [2.05, 4.69) is 0 Å². The van der Waals surface area contributed by atoms with E-state index in [0.29, 0.717) is 21.8 Å². The van der Waals surface area contributed by atoms with E-state index in [0.717, 1.165) is 22.6 Å². The number of nitrogens with zero attached hydrogens (tertiary/aromatic N) is 1. The quantitative estimate of drug-likeness (QED) is 0.330. The van der Waals surface area contributed by atoms with Crippen LogP contribution in [0, 0.1) is 25.5 Å². The van der Waals surface area contributed by atoms with Crippen LogP contribution in [0.1, 0.15) is 27.6 Å². The van der Waals surface area contributed by atoms with Gasteiger partial charge in [0.05, 0.1) is 12.7 Å². The zero-order valence-electron chi connectivity index (χ0n) is 17.5. The Kier molecular flexibility index (Phi) is 5.56. The Hall–Kier alpha value is -3.52. The number of amides is 1. The van der Waals surface area contributed by atoms with Crippen LogP contribution < -0.4 is 9.64 Å². The summed E-state index contributed by atoms with van der Waals surface area (Å²) in [7, 11) is 1.53. The highest BCUT2D eigenvalue weighted by Crippen LogP contribution is 2.44. The van der Waals surface area contributed by atoms with Gasteiger partial charge in [0.2, 0.25) is 0 Å².